The molecule has 24 heavy (non-hydrogen) atoms. The molecule has 1 rings (SSSR count). The largest absolute Gasteiger partial charge is 0.379 e. The molecular formula is C14H31IN4O4S. The van der Waals surface area contributed by atoms with Crippen LogP contribution < -0.4 is 15.4 Å². The lowest BCUT2D eigenvalue weighted by Gasteiger charge is -2.13. The molecule has 0 spiro atoms. The average molecular weight is 478 g/mol. The Balaban J connectivity index is 0.00000529. The molecule has 0 bridgehead atoms. The molecule has 0 aromatic rings. The van der Waals surface area contributed by atoms with Crippen LogP contribution in [-0.4, -0.2) is 73.2 Å². The second kappa shape index (κ2) is 14.0. The molecule has 3 N–H and O–H groups in total. The van der Waals surface area contributed by atoms with Crippen LogP contribution in [0.1, 0.15) is 25.7 Å². The van der Waals surface area contributed by atoms with Gasteiger partial charge >= 0.3 is 0 Å². The van der Waals surface area contributed by atoms with E-state index in [1.807, 2.05) is 0 Å². The Morgan fingerprint density at radius 1 is 1.25 bits per heavy atom. The molecule has 1 saturated heterocycles. The van der Waals surface area contributed by atoms with Gasteiger partial charge in [-0.2, -0.15) is 0 Å². The monoisotopic (exact) mass is 478 g/mol. The second-order valence-corrected chi connectivity index (χ2v) is 7.34. The molecule has 8 nitrogen and oxygen atoms in total. The van der Waals surface area contributed by atoms with Crippen molar-refractivity contribution >= 4 is 40.0 Å². The molecule has 0 saturated carbocycles. The molecule has 1 fully saturated rings. The zero-order valence-electron chi connectivity index (χ0n) is 14.5. The lowest BCUT2D eigenvalue weighted by Crippen LogP contribution is -2.39. The molecule has 0 amide bonds. The second-order valence-electron chi connectivity index (χ2n) is 5.51. The summed E-state index contributed by atoms with van der Waals surface area (Å²) in [6.07, 6.45) is 5.25. The van der Waals surface area contributed by atoms with Crippen molar-refractivity contribution < 1.29 is 17.9 Å². The zero-order valence-corrected chi connectivity index (χ0v) is 17.7. The van der Waals surface area contributed by atoms with Crippen molar-refractivity contribution in [3.63, 3.8) is 0 Å². The first-order valence-electron chi connectivity index (χ1n) is 8.10. The van der Waals surface area contributed by atoms with Gasteiger partial charge in [-0.05, 0) is 25.7 Å². The number of hydrogen-bond acceptors (Lipinski definition) is 5. The Bertz CT molecular complexity index is 442. The highest BCUT2D eigenvalue weighted by molar-refractivity contribution is 14.0. The van der Waals surface area contributed by atoms with E-state index in [2.05, 4.69) is 20.3 Å². The number of ether oxygens (including phenoxy) is 2. The van der Waals surface area contributed by atoms with E-state index in [0.29, 0.717) is 38.7 Å². The summed E-state index contributed by atoms with van der Waals surface area (Å²) in [5.41, 5.74) is 0. The van der Waals surface area contributed by atoms with Gasteiger partial charge in [-0.15, -0.1) is 24.0 Å². The van der Waals surface area contributed by atoms with Gasteiger partial charge < -0.3 is 20.1 Å². The molecule has 144 valence electrons. The first kappa shape index (κ1) is 23.8. The Hall–Kier alpha value is -0.170. The van der Waals surface area contributed by atoms with Crippen LogP contribution in [-0.2, 0) is 19.5 Å². The number of halogens is 1. The normalized spacial score (nSPS) is 18.2. The lowest BCUT2D eigenvalue weighted by molar-refractivity contribution is 0.0168. The van der Waals surface area contributed by atoms with Gasteiger partial charge in [0.15, 0.2) is 5.96 Å². The maximum absolute atomic E-state index is 10.9. The van der Waals surface area contributed by atoms with Crippen LogP contribution in [0.25, 0.3) is 0 Å². The number of guanidine groups is 1. The summed E-state index contributed by atoms with van der Waals surface area (Å²) in [7, 11) is -1.40. The molecule has 1 unspecified atom stereocenters. The third-order valence-electron chi connectivity index (χ3n) is 3.32. The standard InChI is InChI=1S/C14H30N4O4S.HI/c1-15-14(16-7-4-9-18-23(2,19)20)17-8-5-10-21-12-13-6-3-11-22-13;/h13,18H,3-12H2,1-2H3,(H2,15,16,17);1H. The van der Waals surface area contributed by atoms with Crippen molar-refractivity contribution in [1.82, 2.24) is 15.4 Å². The molecule has 1 aliphatic heterocycles. The Kier molecular flexibility index (Phi) is 13.9. The Morgan fingerprint density at radius 2 is 1.96 bits per heavy atom. The van der Waals surface area contributed by atoms with Crippen LogP contribution in [0.5, 0.6) is 0 Å². The first-order valence-corrected chi connectivity index (χ1v) is 9.99. The number of nitrogens with zero attached hydrogens (tertiary/aromatic N) is 1. The summed E-state index contributed by atoms with van der Waals surface area (Å²) in [5, 5.41) is 6.33. The lowest BCUT2D eigenvalue weighted by atomic mass is 10.2. The molecule has 0 aromatic heterocycles. The van der Waals surface area contributed by atoms with Crippen LogP contribution in [0.4, 0.5) is 0 Å². The number of sulfonamides is 1. The highest BCUT2D eigenvalue weighted by atomic mass is 127. The number of aliphatic imine (C=N–C) groups is 1. The molecule has 1 aliphatic rings. The third-order valence-corrected chi connectivity index (χ3v) is 4.05. The summed E-state index contributed by atoms with van der Waals surface area (Å²) >= 11 is 0. The predicted octanol–water partition coefficient (Wildman–Crippen LogP) is 0.294. The number of nitrogens with one attached hydrogen (secondary N) is 3. The minimum absolute atomic E-state index is 0. The van der Waals surface area contributed by atoms with Gasteiger partial charge in [-0.3, -0.25) is 4.99 Å². The van der Waals surface area contributed by atoms with E-state index in [-0.39, 0.29) is 30.1 Å². The average Bonchev–Trinajstić information content (AvgIpc) is 3.00. The van der Waals surface area contributed by atoms with E-state index in [1.54, 1.807) is 7.05 Å². The van der Waals surface area contributed by atoms with Crippen molar-refractivity contribution in [3.8, 4) is 0 Å². The zero-order chi connectivity index (χ0) is 17.0. The molecule has 10 heteroatoms. The molecule has 1 atom stereocenters. The summed E-state index contributed by atoms with van der Waals surface area (Å²) in [5.74, 6) is 0.712. The molecule has 0 aliphatic carbocycles. The van der Waals surface area contributed by atoms with Gasteiger partial charge in [-0.1, -0.05) is 0 Å². The highest BCUT2D eigenvalue weighted by Gasteiger charge is 2.14. The van der Waals surface area contributed by atoms with Gasteiger partial charge in [0, 0.05) is 39.9 Å². The van der Waals surface area contributed by atoms with Crippen molar-refractivity contribution in [2.24, 2.45) is 4.99 Å². The summed E-state index contributed by atoms with van der Waals surface area (Å²) in [4.78, 5) is 4.11. The summed E-state index contributed by atoms with van der Waals surface area (Å²) < 4.78 is 35.3. The maximum Gasteiger partial charge on any atom is 0.208 e. The Morgan fingerprint density at radius 3 is 2.54 bits per heavy atom. The van der Waals surface area contributed by atoms with Crippen molar-refractivity contribution in [1.29, 1.82) is 0 Å². The fourth-order valence-corrected chi connectivity index (χ4v) is 2.66. The van der Waals surface area contributed by atoms with E-state index >= 15 is 0 Å². The van der Waals surface area contributed by atoms with Gasteiger partial charge in [0.1, 0.15) is 0 Å². The maximum atomic E-state index is 10.9. The topological polar surface area (TPSA) is 101 Å². The molecule has 0 aromatic carbocycles. The highest BCUT2D eigenvalue weighted by Crippen LogP contribution is 2.11. The van der Waals surface area contributed by atoms with E-state index in [0.717, 1.165) is 38.7 Å². The van der Waals surface area contributed by atoms with Crippen LogP contribution in [0.15, 0.2) is 4.99 Å². The van der Waals surface area contributed by atoms with E-state index in [4.69, 9.17) is 9.47 Å². The first-order chi connectivity index (χ1) is 11.0. The fraction of sp³-hybridized carbons (Fsp3) is 0.929. The fourth-order valence-electron chi connectivity index (χ4n) is 2.14. The third kappa shape index (κ3) is 13.2. The molecule has 0 radical (unpaired) electrons. The van der Waals surface area contributed by atoms with Crippen LogP contribution in [0, 0.1) is 0 Å². The number of hydrogen-bond donors (Lipinski definition) is 3. The summed E-state index contributed by atoms with van der Waals surface area (Å²) in [6, 6.07) is 0. The van der Waals surface area contributed by atoms with Crippen LogP contribution >= 0.6 is 24.0 Å². The van der Waals surface area contributed by atoms with Gasteiger partial charge in [0.05, 0.1) is 19.0 Å². The quantitative estimate of drug-likeness (QED) is 0.171. The smallest absolute Gasteiger partial charge is 0.208 e. The van der Waals surface area contributed by atoms with Crippen molar-refractivity contribution in [3.05, 3.63) is 0 Å². The Labute approximate surface area is 162 Å². The van der Waals surface area contributed by atoms with Gasteiger partial charge in [0.25, 0.3) is 0 Å². The van der Waals surface area contributed by atoms with Crippen molar-refractivity contribution in [2.45, 2.75) is 31.8 Å². The van der Waals surface area contributed by atoms with Crippen LogP contribution in [0.2, 0.25) is 0 Å². The van der Waals surface area contributed by atoms with E-state index < -0.39 is 10.0 Å². The minimum Gasteiger partial charge on any atom is -0.379 e. The minimum atomic E-state index is -3.11. The predicted molar refractivity (Wildman–Crippen MR) is 107 cm³/mol. The van der Waals surface area contributed by atoms with Crippen molar-refractivity contribution in [2.75, 3.05) is 52.8 Å². The summed E-state index contributed by atoms with van der Waals surface area (Å²) in [6.45, 7) is 4.07. The SMILES string of the molecule is CN=C(NCCCNS(C)(=O)=O)NCCCOCC1CCCO1.I. The number of rotatable bonds is 11. The van der Waals surface area contributed by atoms with Gasteiger partial charge in [-0.25, -0.2) is 13.1 Å². The van der Waals surface area contributed by atoms with Crippen LogP contribution in [0.3, 0.4) is 0 Å². The van der Waals surface area contributed by atoms with E-state index in [1.165, 1.54) is 0 Å². The van der Waals surface area contributed by atoms with Gasteiger partial charge in [0.2, 0.25) is 10.0 Å². The molecular weight excluding hydrogens is 447 g/mol. The molecule has 1 heterocycles. The van der Waals surface area contributed by atoms with E-state index in [9.17, 15) is 8.42 Å².